The van der Waals surface area contributed by atoms with E-state index in [-0.39, 0.29) is 49.1 Å². The molecule has 0 atom stereocenters. The van der Waals surface area contributed by atoms with Crippen LogP contribution in [0, 0.1) is 0 Å². The van der Waals surface area contributed by atoms with E-state index in [0.29, 0.717) is 16.7 Å². The number of hydrogen-bond donors (Lipinski definition) is 0. The van der Waals surface area contributed by atoms with Crippen LogP contribution in [0.25, 0.3) is 10.9 Å². The summed E-state index contributed by atoms with van der Waals surface area (Å²) in [7, 11) is -2.14. The van der Waals surface area contributed by atoms with E-state index >= 15 is 0 Å². The van der Waals surface area contributed by atoms with Gasteiger partial charge in [-0.1, -0.05) is 12.1 Å². The van der Waals surface area contributed by atoms with Gasteiger partial charge in [-0.3, -0.25) is 14.2 Å². The van der Waals surface area contributed by atoms with Gasteiger partial charge in [0, 0.05) is 26.2 Å². The molecule has 0 aliphatic carbocycles. The Morgan fingerprint density at radius 2 is 1.71 bits per heavy atom. The van der Waals surface area contributed by atoms with Crippen LogP contribution in [0.1, 0.15) is 0 Å². The van der Waals surface area contributed by atoms with Crippen molar-refractivity contribution < 1.29 is 17.9 Å². The SMILES string of the molecule is COc1ccc(S(=O)(=O)N2CCN(C(=O)Cn3cnc4ccccc4c3=O)CC2)cc1. The second kappa shape index (κ2) is 8.48. The van der Waals surface area contributed by atoms with Gasteiger partial charge in [0.05, 0.1) is 29.2 Å². The highest BCUT2D eigenvalue weighted by atomic mass is 32.2. The number of ether oxygens (including phenoxy) is 1. The number of hydrogen-bond acceptors (Lipinski definition) is 6. The molecular formula is C21H22N4O5S. The molecule has 1 fully saturated rings. The molecule has 0 unspecified atom stereocenters. The minimum Gasteiger partial charge on any atom is -0.497 e. The fourth-order valence-corrected chi connectivity index (χ4v) is 4.96. The number of methoxy groups -OCH3 is 1. The van der Waals surface area contributed by atoms with Gasteiger partial charge in [0.15, 0.2) is 0 Å². The number of piperazine rings is 1. The summed E-state index contributed by atoms with van der Waals surface area (Å²) in [6, 6.07) is 13.2. The molecule has 1 aliphatic rings. The Balaban J connectivity index is 1.42. The molecule has 2 heterocycles. The summed E-state index contributed by atoms with van der Waals surface area (Å²) < 4.78 is 33.4. The van der Waals surface area contributed by atoms with Crippen LogP contribution in [-0.4, -0.2) is 66.4 Å². The van der Waals surface area contributed by atoms with E-state index in [2.05, 4.69) is 4.98 Å². The van der Waals surface area contributed by atoms with Crippen LogP contribution in [0.15, 0.2) is 64.5 Å². The molecule has 9 nitrogen and oxygen atoms in total. The van der Waals surface area contributed by atoms with Crippen molar-refractivity contribution in [3.8, 4) is 5.75 Å². The lowest BCUT2D eigenvalue weighted by atomic mass is 10.2. The summed E-state index contributed by atoms with van der Waals surface area (Å²) in [6.07, 6.45) is 1.37. The van der Waals surface area contributed by atoms with Gasteiger partial charge >= 0.3 is 0 Å². The van der Waals surface area contributed by atoms with Crippen LogP contribution in [0.3, 0.4) is 0 Å². The highest BCUT2D eigenvalue weighted by Crippen LogP contribution is 2.20. The summed E-state index contributed by atoms with van der Waals surface area (Å²) in [5, 5.41) is 0.452. The Kier molecular flexibility index (Phi) is 5.75. The van der Waals surface area contributed by atoms with Gasteiger partial charge in [0.25, 0.3) is 5.56 Å². The number of sulfonamides is 1. The smallest absolute Gasteiger partial charge is 0.261 e. The highest BCUT2D eigenvalue weighted by Gasteiger charge is 2.30. The molecule has 0 saturated carbocycles. The molecule has 1 aliphatic heterocycles. The number of carbonyl (C=O) groups is 1. The second-order valence-electron chi connectivity index (χ2n) is 7.16. The van der Waals surface area contributed by atoms with Gasteiger partial charge in [-0.15, -0.1) is 0 Å². The Bertz CT molecular complexity index is 1260. The Morgan fingerprint density at radius 3 is 2.39 bits per heavy atom. The molecule has 2 aromatic carbocycles. The fraction of sp³-hybridized carbons (Fsp3) is 0.286. The average Bonchev–Trinajstić information content (AvgIpc) is 2.81. The molecular weight excluding hydrogens is 420 g/mol. The zero-order valence-corrected chi connectivity index (χ0v) is 17.8. The molecule has 1 saturated heterocycles. The minimum absolute atomic E-state index is 0.137. The van der Waals surface area contributed by atoms with Crippen LogP contribution in [0.5, 0.6) is 5.75 Å². The molecule has 4 rings (SSSR count). The van der Waals surface area contributed by atoms with Crippen molar-refractivity contribution in [3.05, 3.63) is 65.2 Å². The molecule has 0 N–H and O–H groups in total. The van der Waals surface area contributed by atoms with Gasteiger partial charge in [0.2, 0.25) is 15.9 Å². The number of amides is 1. The summed E-state index contributed by atoms with van der Waals surface area (Å²) in [6.45, 7) is 0.742. The zero-order chi connectivity index (χ0) is 22.0. The van der Waals surface area contributed by atoms with Crippen molar-refractivity contribution in [2.45, 2.75) is 11.4 Å². The third-order valence-corrected chi connectivity index (χ3v) is 7.24. The molecule has 162 valence electrons. The van der Waals surface area contributed by atoms with Crippen molar-refractivity contribution in [2.75, 3.05) is 33.3 Å². The van der Waals surface area contributed by atoms with E-state index in [9.17, 15) is 18.0 Å². The predicted octanol–water partition coefficient (Wildman–Crippen LogP) is 0.938. The van der Waals surface area contributed by atoms with E-state index in [4.69, 9.17) is 4.74 Å². The molecule has 0 spiro atoms. The van der Waals surface area contributed by atoms with Crippen LogP contribution < -0.4 is 10.3 Å². The lowest BCUT2D eigenvalue weighted by Crippen LogP contribution is -2.51. The van der Waals surface area contributed by atoms with Crippen molar-refractivity contribution in [1.29, 1.82) is 0 Å². The largest absolute Gasteiger partial charge is 0.497 e. The van der Waals surface area contributed by atoms with E-state index in [0.717, 1.165) is 0 Å². The van der Waals surface area contributed by atoms with Gasteiger partial charge in [0.1, 0.15) is 12.3 Å². The molecule has 0 bridgehead atoms. The molecule has 31 heavy (non-hydrogen) atoms. The topological polar surface area (TPSA) is 102 Å². The van der Waals surface area contributed by atoms with E-state index in [1.165, 1.54) is 34.4 Å². The number of rotatable bonds is 5. The van der Waals surface area contributed by atoms with Gasteiger partial charge in [-0.05, 0) is 36.4 Å². The number of para-hydroxylation sites is 1. The normalized spacial score (nSPS) is 15.2. The Hall–Kier alpha value is -3.24. The number of fused-ring (bicyclic) bond motifs is 1. The maximum absolute atomic E-state index is 12.9. The number of carbonyl (C=O) groups excluding carboxylic acids is 1. The first kappa shape index (κ1) is 21.0. The van der Waals surface area contributed by atoms with E-state index in [1.54, 1.807) is 41.3 Å². The predicted molar refractivity (Wildman–Crippen MR) is 114 cm³/mol. The van der Waals surface area contributed by atoms with Crippen LogP contribution in [0.2, 0.25) is 0 Å². The van der Waals surface area contributed by atoms with E-state index in [1.807, 2.05) is 0 Å². The molecule has 10 heteroatoms. The van der Waals surface area contributed by atoms with Crippen molar-refractivity contribution in [3.63, 3.8) is 0 Å². The first-order valence-electron chi connectivity index (χ1n) is 9.76. The van der Waals surface area contributed by atoms with Crippen molar-refractivity contribution in [1.82, 2.24) is 18.8 Å². The quantitative estimate of drug-likeness (QED) is 0.583. The summed E-state index contributed by atoms with van der Waals surface area (Å²) in [5.74, 6) is 0.327. The van der Waals surface area contributed by atoms with Gasteiger partial charge < -0.3 is 9.64 Å². The molecule has 3 aromatic rings. The molecule has 1 amide bonds. The summed E-state index contributed by atoms with van der Waals surface area (Å²) >= 11 is 0. The summed E-state index contributed by atoms with van der Waals surface area (Å²) in [5.41, 5.74) is 0.299. The van der Waals surface area contributed by atoms with Crippen molar-refractivity contribution in [2.24, 2.45) is 0 Å². The first-order valence-corrected chi connectivity index (χ1v) is 11.2. The van der Waals surface area contributed by atoms with Gasteiger partial charge in [-0.25, -0.2) is 13.4 Å². The second-order valence-corrected chi connectivity index (χ2v) is 9.09. The third kappa shape index (κ3) is 4.17. The van der Waals surface area contributed by atoms with Crippen molar-refractivity contribution >= 4 is 26.8 Å². The average molecular weight is 442 g/mol. The lowest BCUT2D eigenvalue weighted by molar-refractivity contribution is -0.133. The third-order valence-electron chi connectivity index (χ3n) is 5.33. The summed E-state index contributed by atoms with van der Waals surface area (Å²) in [4.78, 5) is 31.3. The highest BCUT2D eigenvalue weighted by molar-refractivity contribution is 7.89. The monoisotopic (exact) mass is 442 g/mol. The molecule has 1 aromatic heterocycles. The lowest BCUT2D eigenvalue weighted by Gasteiger charge is -2.34. The van der Waals surface area contributed by atoms with Crippen LogP contribution in [-0.2, 0) is 21.4 Å². The maximum atomic E-state index is 12.9. The van der Waals surface area contributed by atoms with Crippen LogP contribution in [0.4, 0.5) is 0 Å². The fourth-order valence-electron chi connectivity index (χ4n) is 3.54. The molecule has 0 radical (unpaired) electrons. The maximum Gasteiger partial charge on any atom is 0.261 e. The van der Waals surface area contributed by atoms with Gasteiger partial charge in [-0.2, -0.15) is 4.31 Å². The van der Waals surface area contributed by atoms with E-state index < -0.39 is 10.0 Å². The number of nitrogens with zero attached hydrogens (tertiary/aromatic N) is 4. The zero-order valence-electron chi connectivity index (χ0n) is 17.0. The Morgan fingerprint density at radius 1 is 1.03 bits per heavy atom. The van der Waals surface area contributed by atoms with Crippen LogP contribution >= 0.6 is 0 Å². The number of benzene rings is 2. The standard InChI is InChI=1S/C21H22N4O5S/c1-30-16-6-8-17(9-7-16)31(28,29)25-12-10-23(11-13-25)20(26)14-24-15-22-19-5-3-2-4-18(19)21(24)27/h2-9,15H,10-14H2,1H3. The number of aromatic nitrogens is 2. The first-order chi connectivity index (χ1) is 14.9. The Labute approximate surface area is 179 Å². The minimum atomic E-state index is -3.65.